The fraction of sp³-hybridized carbons (Fsp3) is 0.769. The van der Waals surface area contributed by atoms with Gasteiger partial charge >= 0.3 is 12.2 Å². The summed E-state index contributed by atoms with van der Waals surface area (Å²) in [6.07, 6.45) is 0.537. The third kappa shape index (κ3) is 4.71. The van der Waals surface area contributed by atoms with Crippen LogP contribution in [-0.2, 0) is 9.53 Å². The van der Waals surface area contributed by atoms with Gasteiger partial charge in [0.15, 0.2) is 0 Å². The van der Waals surface area contributed by atoms with Crippen LogP contribution in [0.1, 0.15) is 40.0 Å². The molecule has 0 aromatic heterocycles. The van der Waals surface area contributed by atoms with Gasteiger partial charge in [-0.2, -0.15) is 0 Å². The predicted octanol–water partition coefficient (Wildman–Crippen LogP) is 1.61. The van der Waals surface area contributed by atoms with Crippen molar-refractivity contribution < 1.29 is 24.2 Å². The number of alkyl carbamates (subject to hydrolysis) is 1. The highest BCUT2D eigenvalue weighted by molar-refractivity contribution is 5.78. The molecular formula is C13H22N2O5. The van der Waals surface area contributed by atoms with Crippen molar-refractivity contribution in [2.75, 3.05) is 13.1 Å². The molecule has 0 saturated carbocycles. The van der Waals surface area contributed by atoms with Crippen molar-refractivity contribution in [1.82, 2.24) is 10.2 Å². The quantitative estimate of drug-likeness (QED) is 0.752. The van der Waals surface area contributed by atoms with E-state index in [0.717, 1.165) is 4.90 Å². The third-order valence-corrected chi connectivity index (χ3v) is 3.02. The lowest BCUT2D eigenvalue weighted by Crippen LogP contribution is -2.57. The van der Waals surface area contributed by atoms with E-state index < -0.39 is 23.3 Å². The Bertz CT molecular complexity index is 391. The predicted molar refractivity (Wildman–Crippen MR) is 71.6 cm³/mol. The Hall–Kier alpha value is -1.79. The number of hydrogen-bond acceptors (Lipinski definition) is 4. The molecule has 1 unspecified atom stereocenters. The van der Waals surface area contributed by atoms with Crippen molar-refractivity contribution in [3.05, 3.63) is 0 Å². The van der Waals surface area contributed by atoms with Crippen LogP contribution in [0, 0.1) is 0 Å². The Morgan fingerprint density at radius 3 is 2.50 bits per heavy atom. The average Bonchev–Trinajstić information content (AvgIpc) is 2.50. The van der Waals surface area contributed by atoms with Gasteiger partial charge in [-0.05, 0) is 40.0 Å². The normalized spacial score (nSPS) is 23.6. The number of carbonyl (C=O) groups is 3. The van der Waals surface area contributed by atoms with Crippen LogP contribution in [0.15, 0.2) is 0 Å². The average molecular weight is 286 g/mol. The summed E-state index contributed by atoms with van der Waals surface area (Å²) in [5.41, 5.74) is -1.89. The number of amides is 2. The minimum atomic E-state index is -1.21. The van der Waals surface area contributed by atoms with Gasteiger partial charge in [0.25, 0.3) is 0 Å². The van der Waals surface area contributed by atoms with Crippen LogP contribution >= 0.6 is 0 Å². The first-order valence-corrected chi connectivity index (χ1v) is 6.63. The van der Waals surface area contributed by atoms with Crippen LogP contribution in [0.2, 0.25) is 0 Å². The number of rotatable bonds is 2. The number of ether oxygens (including phenoxy) is 1. The first-order valence-electron chi connectivity index (χ1n) is 6.63. The summed E-state index contributed by atoms with van der Waals surface area (Å²) < 4.78 is 5.13. The number of carboxylic acid groups (broad SMARTS) is 1. The maximum absolute atomic E-state index is 11.8. The molecular weight excluding hydrogens is 264 g/mol. The SMILES string of the molecule is CC(C)(C)OC(=O)NC1(C=O)CCCCN(C(=O)O)C1. The van der Waals surface area contributed by atoms with E-state index in [1.807, 2.05) is 0 Å². The molecule has 1 aliphatic rings. The van der Waals surface area contributed by atoms with Crippen molar-refractivity contribution in [1.29, 1.82) is 0 Å². The molecule has 1 atom stereocenters. The molecule has 1 saturated heterocycles. The van der Waals surface area contributed by atoms with Gasteiger partial charge < -0.3 is 24.9 Å². The summed E-state index contributed by atoms with van der Waals surface area (Å²) in [5.74, 6) is 0. The molecule has 0 aliphatic carbocycles. The summed E-state index contributed by atoms with van der Waals surface area (Å²) in [4.78, 5) is 35.5. The zero-order valence-corrected chi connectivity index (χ0v) is 12.1. The van der Waals surface area contributed by atoms with Crippen LogP contribution in [0.3, 0.4) is 0 Å². The Kier molecular flexibility index (Phi) is 4.97. The zero-order valence-electron chi connectivity index (χ0n) is 12.1. The molecule has 7 nitrogen and oxygen atoms in total. The van der Waals surface area contributed by atoms with Gasteiger partial charge in [-0.1, -0.05) is 0 Å². The van der Waals surface area contributed by atoms with Crippen molar-refractivity contribution >= 4 is 18.5 Å². The molecule has 114 valence electrons. The second-order valence-electron chi connectivity index (χ2n) is 6.06. The number of aldehydes is 1. The molecule has 2 N–H and O–H groups in total. The first kappa shape index (κ1) is 16.3. The molecule has 1 heterocycles. The Morgan fingerprint density at radius 1 is 1.35 bits per heavy atom. The monoisotopic (exact) mass is 286 g/mol. The van der Waals surface area contributed by atoms with Gasteiger partial charge in [-0.3, -0.25) is 0 Å². The fourth-order valence-corrected chi connectivity index (χ4v) is 2.14. The van der Waals surface area contributed by atoms with Gasteiger partial charge in [0.05, 0.1) is 6.54 Å². The summed E-state index contributed by atoms with van der Waals surface area (Å²) in [6.45, 7) is 5.47. The fourth-order valence-electron chi connectivity index (χ4n) is 2.14. The molecule has 20 heavy (non-hydrogen) atoms. The summed E-state index contributed by atoms with van der Waals surface area (Å²) in [6, 6.07) is 0. The lowest BCUT2D eigenvalue weighted by atomic mass is 9.95. The van der Waals surface area contributed by atoms with E-state index in [1.54, 1.807) is 20.8 Å². The van der Waals surface area contributed by atoms with Crippen molar-refractivity contribution in [3.63, 3.8) is 0 Å². The van der Waals surface area contributed by atoms with Gasteiger partial charge in [-0.15, -0.1) is 0 Å². The molecule has 0 bridgehead atoms. The number of nitrogens with zero attached hydrogens (tertiary/aromatic N) is 1. The van der Waals surface area contributed by atoms with E-state index in [9.17, 15) is 14.4 Å². The molecule has 0 radical (unpaired) electrons. The molecule has 2 amide bonds. The van der Waals surface area contributed by atoms with Crippen LogP contribution in [0.4, 0.5) is 9.59 Å². The topological polar surface area (TPSA) is 95.9 Å². The van der Waals surface area contributed by atoms with Gasteiger partial charge in [-0.25, -0.2) is 9.59 Å². The number of nitrogens with one attached hydrogen (secondary N) is 1. The van der Waals surface area contributed by atoms with Crippen LogP contribution in [-0.4, -0.2) is 52.7 Å². The van der Waals surface area contributed by atoms with E-state index in [4.69, 9.17) is 9.84 Å². The molecule has 1 aliphatic heterocycles. The lowest BCUT2D eigenvalue weighted by Gasteiger charge is -2.32. The molecule has 7 heteroatoms. The number of carbonyl (C=O) groups excluding carboxylic acids is 2. The lowest BCUT2D eigenvalue weighted by molar-refractivity contribution is -0.114. The standard InChI is InChI=1S/C13H22N2O5/c1-12(2,3)20-10(17)14-13(9-16)6-4-5-7-15(8-13)11(18)19/h9H,4-8H2,1-3H3,(H,14,17)(H,18,19). The summed E-state index contributed by atoms with van der Waals surface area (Å²) >= 11 is 0. The second-order valence-corrected chi connectivity index (χ2v) is 6.06. The Morgan fingerprint density at radius 2 is 2.00 bits per heavy atom. The highest BCUT2D eigenvalue weighted by Crippen LogP contribution is 2.20. The largest absolute Gasteiger partial charge is 0.465 e. The Labute approximate surface area is 118 Å². The molecule has 0 spiro atoms. The maximum atomic E-state index is 11.8. The Balaban J connectivity index is 2.81. The minimum absolute atomic E-state index is 0.0505. The van der Waals surface area contributed by atoms with Gasteiger partial charge in [0.1, 0.15) is 17.4 Å². The van der Waals surface area contributed by atoms with E-state index in [2.05, 4.69) is 5.32 Å². The molecule has 0 aromatic rings. The van der Waals surface area contributed by atoms with Crippen LogP contribution < -0.4 is 5.32 Å². The summed E-state index contributed by atoms with van der Waals surface area (Å²) in [7, 11) is 0. The molecule has 1 fully saturated rings. The van der Waals surface area contributed by atoms with Crippen molar-refractivity contribution in [3.8, 4) is 0 Å². The zero-order chi connectivity index (χ0) is 15.4. The van der Waals surface area contributed by atoms with Gasteiger partial charge in [0.2, 0.25) is 0 Å². The van der Waals surface area contributed by atoms with E-state index in [1.165, 1.54) is 0 Å². The van der Waals surface area contributed by atoms with Crippen LogP contribution in [0.25, 0.3) is 0 Å². The van der Waals surface area contributed by atoms with E-state index in [0.29, 0.717) is 32.1 Å². The minimum Gasteiger partial charge on any atom is -0.465 e. The van der Waals surface area contributed by atoms with Crippen molar-refractivity contribution in [2.45, 2.75) is 51.2 Å². The first-order chi connectivity index (χ1) is 9.17. The molecule has 0 aromatic carbocycles. The van der Waals surface area contributed by atoms with Gasteiger partial charge in [0, 0.05) is 6.54 Å². The third-order valence-electron chi connectivity index (χ3n) is 3.02. The molecule has 1 rings (SSSR count). The smallest absolute Gasteiger partial charge is 0.408 e. The van der Waals surface area contributed by atoms with E-state index >= 15 is 0 Å². The van der Waals surface area contributed by atoms with Crippen LogP contribution in [0.5, 0.6) is 0 Å². The van der Waals surface area contributed by atoms with E-state index in [-0.39, 0.29) is 6.54 Å². The maximum Gasteiger partial charge on any atom is 0.408 e. The highest BCUT2D eigenvalue weighted by Gasteiger charge is 2.38. The number of hydrogen-bond donors (Lipinski definition) is 2. The second kappa shape index (κ2) is 6.11. The summed E-state index contributed by atoms with van der Waals surface area (Å²) in [5, 5.41) is 11.6. The van der Waals surface area contributed by atoms with Crippen molar-refractivity contribution in [2.24, 2.45) is 0 Å². The highest BCUT2D eigenvalue weighted by atomic mass is 16.6. The number of likely N-dealkylation sites (tertiary alicyclic amines) is 1.